The minimum absolute atomic E-state index is 0.250. The first-order valence-corrected chi connectivity index (χ1v) is 14.5. The fourth-order valence-corrected chi connectivity index (χ4v) is 5.45. The summed E-state index contributed by atoms with van der Waals surface area (Å²) >= 11 is 0. The van der Waals surface area contributed by atoms with Crippen LogP contribution in [0.15, 0.2) is 42.5 Å². The number of ether oxygens (including phenoxy) is 1. The zero-order valence-corrected chi connectivity index (χ0v) is 24.4. The molecule has 0 radical (unpaired) electrons. The summed E-state index contributed by atoms with van der Waals surface area (Å²) in [5.74, 6) is 1.95. The van der Waals surface area contributed by atoms with Crippen LogP contribution in [0.1, 0.15) is 50.7 Å². The number of nitrogens with two attached hydrogens (primary N) is 1. The minimum Gasteiger partial charge on any atom is -0.496 e. The number of benzene rings is 2. The highest BCUT2D eigenvalue weighted by Gasteiger charge is 2.20. The third-order valence-corrected chi connectivity index (χ3v) is 7.34. The molecule has 216 valence electrons. The summed E-state index contributed by atoms with van der Waals surface area (Å²) < 4.78 is 8.10. The Morgan fingerprint density at radius 2 is 1.95 bits per heavy atom. The molecular formula is C31H45N7O2. The number of rotatable bonds is 10. The Bertz CT molecular complexity index is 1390. The topological polar surface area (TPSA) is 113 Å². The number of likely N-dealkylation sites (N-methyl/N-ethyl adjacent to an activating group) is 1. The Hall–Kier alpha value is -3.40. The van der Waals surface area contributed by atoms with E-state index in [-0.39, 0.29) is 12.6 Å². The van der Waals surface area contributed by atoms with Crippen LogP contribution >= 0.6 is 0 Å². The van der Waals surface area contributed by atoms with Gasteiger partial charge >= 0.3 is 0 Å². The zero-order valence-electron chi connectivity index (χ0n) is 24.4. The first-order valence-electron chi connectivity index (χ1n) is 14.5. The van der Waals surface area contributed by atoms with Gasteiger partial charge < -0.3 is 35.7 Å². The SMILES string of the molecule is CCCCNc1nc(N)nc2c3ccccc3n(Cc3cc(CNC4CCCN(C)C4)ccc3OC)c12.CCO. The predicted octanol–water partition coefficient (Wildman–Crippen LogP) is 4.62. The summed E-state index contributed by atoms with van der Waals surface area (Å²) in [7, 11) is 3.94. The van der Waals surface area contributed by atoms with E-state index in [9.17, 15) is 0 Å². The molecular weight excluding hydrogens is 502 g/mol. The van der Waals surface area contributed by atoms with Gasteiger partial charge in [0.05, 0.1) is 19.2 Å². The number of hydrogen-bond donors (Lipinski definition) is 4. The van der Waals surface area contributed by atoms with Crippen LogP contribution in [0, 0.1) is 0 Å². The standard InChI is InChI=1S/C29H39N7O.C2H6O/c1-4-5-14-31-28-27-26(33-29(30)34-28)23-10-6-7-11-24(23)36(27)18-21-16-20(12-13-25(21)37-3)17-32-22-9-8-15-35(2)19-22;1-2-3/h6-7,10-13,16,22,32H,4-5,8-9,14-15,17-19H2,1-3H3,(H3,30,31,33,34);3H,2H2,1H3. The fraction of sp³-hybridized carbons (Fsp3) is 0.484. The molecule has 5 rings (SSSR count). The third-order valence-electron chi connectivity index (χ3n) is 7.34. The summed E-state index contributed by atoms with van der Waals surface area (Å²) in [6.07, 6.45) is 4.64. The number of nitrogen functional groups attached to an aromatic ring is 1. The lowest BCUT2D eigenvalue weighted by atomic mass is 10.0. The number of nitrogens with one attached hydrogen (secondary N) is 2. The molecule has 0 bridgehead atoms. The van der Waals surface area contributed by atoms with Gasteiger partial charge in [-0.1, -0.05) is 37.6 Å². The molecule has 9 nitrogen and oxygen atoms in total. The van der Waals surface area contributed by atoms with E-state index in [1.165, 1.54) is 24.9 Å². The zero-order chi connectivity index (χ0) is 28.5. The van der Waals surface area contributed by atoms with Gasteiger partial charge in [-0.05, 0) is 63.5 Å². The Labute approximate surface area is 237 Å². The van der Waals surface area contributed by atoms with Crippen molar-refractivity contribution >= 4 is 33.7 Å². The van der Waals surface area contributed by atoms with Crippen molar-refractivity contribution in [1.82, 2.24) is 24.8 Å². The maximum Gasteiger partial charge on any atom is 0.222 e. The van der Waals surface area contributed by atoms with Crippen molar-refractivity contribution in [2.45, 2.75) is 58.7 Å². The molecule has 1 aliphatic heterocycles. The van der Waals surface area contributed by atoms with Crippen molar-refractivity contribution in [1.29, 1.82) is 0 Å². The van der Waals surface area contributed by atoms with Gasteiger partial charge in [0.15, 0.2) is 5.82 Å². The van der Waals surface area contributed by atoms with Gasteiger partial charge in [-0.25, -0.2) is 4.98 Å². The molecule has 1 saturated heterocycles. The molecule has 0 aliphatic carbocycles. The monoisotopic (exact) mass is 547 g/mol. The van der Waals surface area contributed by atoms with Gasteiger partial charge in [-0.2, -0.15) is 4.98 Å². The second-order valence-electron chi connectivity index (χ2n) is 10.5. The second-order valence-corrected chi connectivity index (χ2v) is 10.5. The number of likely N-dealkylation sites (tertiary alicyclic amines) is 1. The molecule has 1 atom stereocenters. The predicted molar refractivity (Wildman–Crippen MR) is 165 cm³/mol. The molecule has 0 spiro atoms. The van der Waals surface area contributed by atoms with Crippen LogP contribution in [-0.2, 0) is 13.1 Å². The van der Waals surface area contributed by atoms with E-state index in [0.29, 0.717) is 12.6 Å². The molecule has 2 aromatic carbocycles. The maximum absolute atomic E-state index is 7.57. The van der Waals surface area contributed by atoms with Crippen molar-refractivity contribution in [2.24, 2.45) is 0 Å². The lowest BCUT2D eigenvalue weighted by Crippen LogP contribution is -2.43. The molecule has 9 heteroatoms. The van der Waals surface area contributed by atoms with E-state index in [2.05, 4.69) is 80.4 Å². The fourth-order valence-electron chi connectivity index (χ4n) is 5.45. The smallest absolute Gasteiger partial charge is 0.222 e. The van der Waals surface area contributed by atoms with E-state index in [1.807, 2.05) is 6.07 Å². The van der Waals surface area contributed by atoms with E-state index < -0.39 is 0 Å². The van der Waals surface area contributed by atoms with Gasteiger partial charge in [0.2, 0.25) is 5.95 Å². The second kappa shape index (κ2) is 14.3. The molecule has 3 heterocycles. The molecule has 1 aliphatic rings. The Morgan fingerprint density at radius 1 is 1.15 bits per heavy atom. The van der Waals surface area contributed by atoms with Crippen molar-refractivity contribution < 1.29 is 9.84 Å². The van der Waals surface area contributed by atoms with Crippen LogP contribution < -0.4 is 21.1 Å². The van der Waals surface area contributed by atoms with Crippen molar-refractivity contribution in [3.63, 3.8) is 0 Å². The maximum atomic E-state index is 7.57. The molecule has 0 amide bonds. The van der Waals surface area contributed by atoms with E-state index in [1.54, 1.807) is 14.0 Å². The van der Waals surface area contributed by atoms with Crippen LogP contribution in [0.4, 0.5) is 11.8 Å². The molecule has 1 unspecified atom stereocenters. The molecule has 5 N–H and O–H groups in total. The third kappa shape index (κ3) is 7.02. The molecule has 0 saturated carbocycles. The summed E-state index contributed by atoms with van der Waals surface area (Å²) in [6, 6.07) is 15.4. The Balaban J connectivity index is 0.00000118. The lowest BCUT2D eigenvalue weighted by molar-refractivity contribution is 0.226. The van der Waals surface area contributed by atoms with Crippen molar-refractivity contribution in [2.75, 3.05) is 51.4 Å². The summed E-state index contributed by atoms with van der Waals surface area (Å²) in [5, 5.41) is 15.9. The largest absolute Gasteiger partial charge is 0.496 e. The van der Waals surface area contributed by atoms with Gasteiger partial charge in [0.25, 0.3) is 0 Å². The van der Waals surface area contributed by atoms with Gasteiger partial charge in [-0.15, -0.1) is 0 Å². The van der Waals surface area contributed by atoms with Gasteiger partial charge in [0, 0.05) is 43.2 Å². The highest BCUT2D eigenvalue weighted by molar-refractivity contribution is 6.09. The number of unbranched alkanes of at least 4 members (excludes halogenated alkanes) is 1. The number of para-hydroxylation sites is 1. The molecule has 4 aromatic rings. The summed E-state index contributed by atoms with van der Waals surface area (Å²) in [4.78, 5) is 11.7. The molecule has 1 fully saturated rings. The number of methoxy groups -OCH3 is 1. The lowest BCUT2D eigenvalue weighted by Gasteiger charge is -2.30. The van der Waals surface area contributed by atoms with E-state index in [4.69, 9.17) is 15.6 Å². The average Bonchev–Trinajstić information content (AvgIpc) is 3.26. The normalized spacial score (nSPS) is 15.7. The summed E-state index contributed by atoms with van der Waals surface area (Å²) in [6.45, 7) is 8.72. The number of aliphatic hydroxyl groups is 1. The number of aromatic nitrogens is 3. The minimum atomic E-state index is 0.250. The summed E-state index contributed by atoms with van der Waals surface area (Å²) in [5.41, 5.74) is 11.5. The highest BCUT2D eigenvalue weighted by Crippen LogP contribution is 2.34. The average molecular weight is 548 g/mol. The molecule has 2 aromatic heterocycles. The number of piperidine rings is 1. The van der Waals surface area contributed by atoms with Crippen LogP contribution in [0.5, 0.6) is 5.75 Å². The Kier molecular flexibility index (Phi) is 10.6. The number of hydrogen-bond acceptors (Lipinski definition) is 8. The number of anilines is 2. The quantitative estimate of drug-likeness (QED) is 0.213. The first-order chi connectivity index (χ1) is 19.5. The number of aliphatic hydroxyl groups excluding tert-OH is 1. The van der Waals surface area contributed by atoms with Crippen LogP contribution in [0.25, 0.3) is 21.9 Å². The van der Waals surface area contributed by atoms with Crippen molar-refractivity contribution in [3.8, 4) is 5.75 Å². The van der Waals surface area contributed by atoms with E-state index >= 15 is 0 Å². The molecule has 40 heavy (non-hydrogen) atoms. The van der Waals surface area contributed by atoms with E-state index in [0.717, 1.165) is 71.5 Å². The highest BCUT2D eigenvalue weighted by atomic mass is 16.5. The van der Waals surface area contributed by atoms with Crippen LogP contribution in [0.3, 0.4) is 0 Å². The number of nitrogens with zero attached hydrogens (tertiary/aromatic N) is 4. The van der Waals surface area contributed by atoms with Crippen molar-refractivity contribution in [3.05, 3.63) is 53.6 Å². The Morgan fingerprint density at radius 3 is 2.70 bits per heavy atom. The van der Waals surface area contributed by atoms with Crippen LogP contribution in [-0.4, -0.2) is 71.0 Å². The van der Waals surface area contributed by atoms with Crippen LogP contribution in [0.2, 0.25) is 0 Å². The number of fused-ring (bicyclic) bond motifs is 3. The first kappa shape index (κ1) is 29.6. The van der Waals surface area contributed by atoms with Gasteiger partial charge in [-0.3, -0.25) is 0 Å². The van der Waals surface area contributed by atoms with Gasteiger partial charge in [0.1, 0.15) is 16.8 Å².